The number of fused-ring (bicyclic) bond motifs is 1. The first-order valence-electron chi connectivity index (χ1n) is 7.18. The van der Waals surface area contributed by atoms with Crippen LogP contribution in [0.2, 0.25) is 0 Å². The number of carbonyl (C=O) groups is 1. The molecule has 2 heterocycles. The highest BCUT2D eigenvalue weighted by Gasteiger charge is 2.21. The van der Waals surface area contributed by atoms with Gasteiger partial charge in [-0.3, -0.25) is 9.78 Å². The Morgan fingerprint density at radius 3 is 2.95 bits per heavy atom. The molecule has 3 N–H and O–H groups in total. The summed E-state index contributed by atoms with van der Waals surface area (Å²) in [5.41, 5.74) is 8.59. The fourth-order valence-electron chi connectivity index (χ4n) is 2.82. The lowest BCUT2D eigenvalue weighted by atomic mass is 10.0. The zero-order valence-corrected chi connectivity index (χ0v) is 13.1. The van der Waals surface area contributed by atoms with E-state index in [2.05, 4.69) is 22.5 Å². The standard InChI is InChI=1S/C16H19N3OS/c1-9-8-12-13(10(2)18-9)14(17)15(21-12)16(20)19-11-6-4-3-5-7-11/h3-4,8,11H,5-7,17H2,1-2H3,(H,19,20). The Morgan fingerprint density at radius 2 is 2.24 bits per heavy atom. The highest BCUT2D eigenvalue weighted by Crippen LogP contribution is 2.35. The molecular formula is C16H19N3OS. The third-order valence-electron chi connectivity index (χ3n) is 3.83. The number of nitrogens with two attached hydrogens (primary N) is 1. The molecule has 2 aromatic rings. The van der Waals surface area contributed by atoms with Gasteiger partial charge in [-0.15, -0.1) is 11.3 Å². The van der Waals surface area contributed by atoms with E-state index in [1.807, 2.05) is 19.9 Å². The molecule has 0 spiro atoms. The van der Waals surface area contributed by atoms with Gasteiger partial charge in [0.25, 0.3) is 5.91 Å². The van der Waals surface area contributed by atoms with E-state index in [0.29, 0.717) is 10.6 Å². The highest BCUT2D eigenvalue weighted by atomic mass is 32.1. The first-order chi connectivity index (χ1) is 10.1. The van der Waals surface area contributed by atoms with Crippen LogP contribution in [0.1, 0.15) is 40.3 Å². The van der Waals surface area contributed by atoms with E-state index in [9.17, 15) is 4.79 Å². The normalized spacial score (nSPS) is 18.1. The van der Waals surface area contributed by atoms with Gasteiger partial charge in [0.05, 0.1) is 5.69 Å². The molecule has 4 nitrogen and oxygen atoms in total. The van der Waals surface area contributed by atoms with Crippen LogP contribution in [-0.2, 0) is 0 Å². The molecule has 0 fully saturated rings. The number of aromatic nitrogens is 1. The molecule has 0 aliphatic heterocycles. The van der Waals surface area contributed by atoms with Gasteiger partial charge in [0.2, 0.25) is 0 Å². The Morgan fingerprint density at radius 1 is 1.43 bits per heavy atom. The van der Waals surface area contributed by atoms with Gasteiger partial charge in [-0.2, -0.15) is 0 Å². The van der Waals surface area contributed by atoms with Gasteiger partial charge in [-0.25, -0.2) is 0 Å². The van der Waals surface area contributed by atoms with Gasteiger partial charge in [-0.05, 0) is 39.2 Å². The maximum absolute atomic E-state index is 12.5. The second-order valence-corrected chi connectivity index (χ2v) is 6.57. The number of hydrogen-bond donors (Lipinski definition) is 2. The van der Waals surface area contributed by atoms with Gasteiger partial charge in [0, 0.05) is 27.5 Å². The van der Waals surface area contributed by atoms with Gasteiger partial charge in [0.15, 0.2) is 0 Å². The number of pyridine rings is 1. The van der Waals surface area contributed by atoms with Crippen molar-refractivity contribution in [2.24, 2.45) is 0 Å². The Bertz CT molecular complexity index is 733. The van der Waals surface area contributed by atoms with E-state index in [0.717, 1.165) is 40.7 Å². The van der Waals surface area contributed by atoms with Crippen LogP contribution >= 0.6 is 11.3 Å². The van der Waals surface area contributed by atoms with Crippen LogP contribution in [-0.4, -0.2) is 16.9 Å². The molecule has 1 atom stereocenters. The topological polar surface area (TPSA) is 68.0 Å². The number of nitrogens with zero attached hydrogens (tertiary/aromatic N) is 1. The van der Waals surface area contributed by atoms with Crippen LogP contribution < -0.4 is 11.1 Å². The summed E-state index contributed by atoms with van der Waals surface area (Å²) in [6.07, 6.45) is 7.20. The summed E-state index contributed by atoms with van der Waals surface area (Å²) >= 11 is 1.45. The van der Waals surface area contributed by atoms with E-state index >= 15 is 0 Å². The fraction of sp³-hybridized carbons (Fsp3) is 0.375. The minimum atomic E-state index is -0.0638. The van der Waals surface area contributed by atoms with Crippen molar-refractivity contribution in [2.45, 2.75) is 39.2 Å². The van der Waals surface area contributed by atoms with Gasteiger partial charge < -0.3 is 11.1 Å². The summed E-state index contributed by atoms with van der Waals surface area (Å²) in [5, 5.41) is 4.01. The summed E-state index contributed by atoms with van der Waals surface area (Å²) in [6, 6.07) is 2.21. The lowest BCUT2D eigenvalue weighted by Crippen LogP contribution is -2.35. The monoisotopic (exact) mass is 301 g/mol. The van der Waals surface area contributed by atoms with Crippen molar-refractivity contribution in [3.05, 3.63) is 34.5 Å². The van der Waals surface area contributed by atoms with E-state index < -0.39 is 0 Å². The summed E-state index contributed by atoms with van der Waals surface area (Å²) in [7, 11) is 0. The second kappa shape index (κ2) is 5.48. The van der Waals surface area contributed by atoms with Crippen molar-refractivity contribution < 1.29 is 4.79 Å². The maximum atomic E-state index is 12.5. The molecule has 1 unspecified atom stereocenters. The van der Waals surface area contributed by atoms with E-state index in [-0.39, 0.29) is 11.9 Å². The van der Waals surface area contributed by atoms with Crippen molar-refractivity contribution in [3.8, 4) is 0 Å². The molecule has 0 aromatic carbocycles. The lowest BCUT2D eigenvalue weighted by Gasteiger charge is -2.18. The number of aryl methyl sites for hydroxylation is 2. The summed E-state index contributed by atoms with van der Waals surface area (Å²) in [6.45, 7) is 3.89. The summed E-state index contributed by atoms with van der Waals surface area (Å²) in [4.78, 5) is 17.5. The highest BCUT2D eigenvalue weighted by molar-refractivity contribution is 7.21. The lowest BCUT2D eigenvalue weighted by molar-refractivity contribution is 0.0939. The molecule has 5 heteroatoms. The minimum Gasteiger partial charge on any atom is -0.397 e. The van der Waals surface area contributed by atoms with E-state index in [1.54, 1.807) is 0 Å². The molecule has 0 bridgehead atoms. The van der Waals surface area contributed by atoms with Crippen molar-refractivity contribution >= 4 is 33.0 Å². The SMILES string of the molecule is Cc1cc2sc(C(=O)NC3CC=CCC3)c(N)c2c(C)n1. The number of rotatable bonds is 2. The van der Waals surface area contributed by atoms with Crippen LogP contribution in [0.25, 0.3) is 10.1 Å². The molecule has 1 amide bonds. The largest absolute Gasteiger partial charge is 0.397 e. The first-order valence-corrected chi connectivity index (χ1v) is 8.00. The Labute approximate surface area is 128 Å². The second-order valence-electron chi connectivity index (χ2n) is 5.52. The van der Waals surface area contributed by atoms with Crippen LogP contribution in [0.3, 0.4) is 0 Å². The molecule has 0 saturated carbocycles. The van der Waals surface area contributed by atoms with Gasteiger partial charge in [-0.1, -0.05) is 12.2 Å². The molecule has 1 aliphatic rings. The summed E-state index contributed by atoms with van der Waals surface area (Å²) < 4.78 is 1.03. The third-order valence-corrected chi connectivity index (χ3v) is 4.98. The number of nitrogen functional groups attached to an aromatic ring is 1. The van der Waals surface area contributed by atoms with E-state index in [4.69, 9.17) is 5.73 Å². The first kappa shape index (κ1) is 14.1. The fourth-order valence-corrected chi connectivity index (χ4v) is 4.00. The zero-order chi connectivity index (χ0) is 15.0. The minimum absolute atomic E-state index is 0.0638. The number of nitrogens with one attached hydrogen (secondary N) is 1. The molecule has 110 valence electrons. The predicted octanol–water partition coefficient (Wildman–Crippen LogP) is 3.33. The van der Waals surface area contributed by atoms with Crippen molar-refractivity contribution in [3.63, 3.8) is 0 Å². The number of thiophene rings is 1. The van der Waals surface area contributed by atoms with Crippen molar-refractivity contribution in [2.75, 3.05) is 5.73 Å². The molecule has 21 heavy (non-hydrogen) atoms. The molecule has 1 aliphatic carbocycles. The van der Waals surface area contributed by atoms with Crippen LogP contribution in [0.4, 0.5) is 5.69 Å². The van der Waals surface area contributed by atoms with Crippen LogP contribution in [0.15, 0.2) is 18.2 Å². The molecule has 0 saturated heterocycles. The van der Waals surface area contributed by atoms with Crippen molar-refractivity contribution in [1.82, 2.24) is 10.3 Å². The molecule has 0 radical (unpaired) electrons. The Hall–Kier alpha value is -1.88. The quantitative estimate of drug-likeness (QED) is 0.836. The molecule has 3 rings (SSSR count). The van der Waals surface area contributed by atoms with Crippen molar-refractivity contribution in [1.29, 1.82) is 0 Å². The molecular weight excluding hydrogens is 282 g/mol. The Kier molecular flexibility index (Phi) is 3.68. The number of anilines is 1. The number of hydrogen-bond acceptors (Lipinski definition) is 4. The van der Waals surface area contributed by atoms with Gasteiger partial charge in [0.1, 0.15) is 4.88 Å². The van der Waals surface area contributed by atoms with Crippen LogP contribution in [0, 0.1) is 13.8 Å². The smallest absolute Gasteiger partial charge is 0.263 e. The zero-order valence-electron chi connectivity index (χ0n) is 12.3. The summed E-state index contributed by atoms with van der Waals surface area (Å²) in [5.74, 6) is -0.0638. The van der Waals surface area contributed by atoms with Crippen LogP contribution in [0.5, 0.6) is 0 Å². The third kappa shape index (κ3) is 2.65. The number of allylic oxidation sites excluding steroid dienone is 1. The van der Waals surface area contributed by atoms with E-state index in [1.165, 1.54) is 11.3 Å². The number of amides is 1. The average Bonchev–Trinajstić information content (AvgIpc) is 2.77. The molecule has 2 aromatic heterocycles. The van der Waals surface area contributed by atoms with Gasteiger partial charge >= 0.3 is 0 Å². The predicted molar refractivity (Wildman–Crippen MR) is 87.8 cm³/mol. The average molecular weight is 301 g/mol. The Balaban J connectivity index is 1.93. The maximum Gasteiger partial charge on any atom is 0.263 e. The number of carbonyl (C=O) groups excluding carboxylic acids is 1.